The minimum absolute atomic E-state index is 0.0711. The van der Waals surface area contributed by atoms with E-state index in [-0.39, 0.29) is 23.7 Å². The van der Waals surface area contributed by atoms with E-state index in [0.29, 0.717) is 11.4 Å². The van der Waals surface area contributed by atoms with Gasteiger partial charge >= 0.3 is 0 Å². The van der Waals surface area contributed by atoms with Crippen LogP contribution in [0.3, 0.4) is 0 Å². The van der Waals surface area contributed by atoms with Crippen molar-refractivity contribution in [1.82, 2.24) is 15.5 Å². The van der Waals surface area contributed by atoms with Gasteiger partial charge in [-0.05, 0) is 30.8 Å². The van der Waals surface area contributed by atoms with Crippen molar-refractivity contribution >= 4 is 29.3 Å². The predicted molar refractivity (Wildman–Crippen MR) is 72.1 cm³/mol. The Bertz CT molecular complexity index is 413. The Kier molecular flexibility index (Phi) is 4.53. The van der Waals surface area contributed by atoms with Crippen molar-refractivity contribution in [1.29, 1.82) is 0 Å². The highest BCUT2D eigenvalue weighted by molar-refractivity contribution is 7.99. The van der Waals surface area contributed by atoms with Gasteiger partial charge in [0, 0.05) is 12.1 Å². The number of nitrogens with one attached hydrogen (secondary N) is 2. The fourth-order valence-corrected chi connectivity index (χ4v) is 3.60. The average Bonchev–Trinajstić information content (AvgIpc) is 2.77. The van der Waals surface area contributed by atoms with Crippen LogP contribution in [0.2, 0.25) is 5.02 Å². The number of halogens is 1. The molecule has 0 bridgehead atoms. The molecule has 7 heteroatoms. The summed E-state index contributed by atoms with van der Waals surface area (Å²) in [4.78, 5) is 12.1. The molecule has 0 aliphatic carbocycles. The van der Waals surface area contributed by atoms with Crippen LogP contribution in [0.25, 0.3) is 0 Å². The largest absolute Gasteiger partial charge is 0.396 e. The summed E-state index contributed by atoms with van der Waals surface area (Å²) >= 11 is 7.74. The van der Waals surface area contributed by atoms with Crippen molar-refractivity contribution in [2.75, 3.05) is 18.1 Å². The molecule has 0 unspecified atom stereocenters. The summed E-state index contributed by atoms with van der Waals surface area (Å²) in [7, 11) is 0. The second-order valence-electron chi connectivity index (χ2n) is 4.41. The van der Waals surface area contributed by atoms with Crippen LogP contribution in [0, 0.1) is 0 Å². The molecule has 0 atom stereocenters. The van der Waals surface area contributed by atoms with E-state index in [1.54, 1.807) is 0 Å². The van der Waals surface area contributed by atoms with Gasteiger partial charge in [-0.3, -0.25) is 9.89 Å². The molecule has 2 rings (SSSR count). The number of hydrogen-bond acceptors (Lipinski definition) is 4. The molecule has 2 heterocycles. The molecular formula is C11H16ClN3O2S. The lowest BCUT2D eigenvalue weighted by molar-refractivity contribution is 0.0863. The molecule has 0 aromatic carbocycles. The van der Waals surface area contributed by atoms with E-state index < -0.39 is 0 Å². The van der Waals surface area contributed by atoms with E-state index in [1.807, 2.05) is 11.8 Å². The number of thioether (sulfide) groups is 1. The van der Waals surface area contributed by atoms with Gasteiger partial charge in [0.05, 0.1) is 11.2 Å². The second-order valence-corrected chi connectivity index (χ2v) is 6.05. The highest BCUT2D eigenvalue weighted by Gasteiger charge is 2.34. The fourth-order valence-electron chi connectivity index (χ4n) is 2.15. The Morgan fingerprint density at radius 2 is 2.33 bits per heavy atom. The quantitative estimate of drug-likeness (QED) is 0.784. The summed E-state index contributed by atoms with van der Waals surface area (Å²) in [5, 5.41) is 18.8. The van der Waals surface area contributed by atoms with Gasteiger partial charge < -0.3 is 10.4 Å². The molecule has 1 aromatic heterocycles. The van der Waals surface area contributed by atoms with Gasteiger partial charge in [-0.15, -0.1) is 0 Å². The number of aromatic amines is 1. The van der Waals surface area contributed by atoms with Crippen LogP contribution in [-0.4, -0.2) is 44.9 Å². The van der Waals surface area contributed by atoms with E-state index in [2.05, 4.69) is 15.5 Å². The molecule has 3 N–H and O–H groups in total. The molecule has 0 radical (unpaired) electrons. The zero-order valence-electron chi connectivity index (χ0n) is 9.91. The number of hydrogen-bond donors (Lipinski definition) is 3. The summed E-state index contributed by atoms with van der Waals surface area (Å²) in [6.45, 7) is 0.0711. The number of carbonyl (C=O) groups excluding carboxylic acids is 1. The summed E-state index contributed by atoms with van der Waals surface area (Å²) in [6, 6.07) is 0. The van der Waals surface area contributed by atoms with Crippen LogP contribution >= 0.6 is 23.4 Å². The number of aromatic nitrogens is 2. The minimum atomic E-state index is -0.314. The Hall–Kier alpha value is -0.720. The highest BCUT2D eigenvalue weighted by Crippen LogP contribution is 2.30. The summed E-state index contributed by atoms with van der Waals surface area (Å²) in [5.41, 5.74) is -0.0295. The van der Waals surface area contributed by atoms with Crippen LogP contribution in [0.5, 0.6) is 0 Å². The topological polar surface area (TPSA) is 78.0 Å². The van der Waals surface area contributed by atoms with Gasteiger partial charge in [0.15, 0.2) is 0 Å². The molecule has 0 saturated carbocycles. The zero-order valence-corrected chi connectivity index (χ0v) is 11.5. The summed E-state index contributed by atoms with van der Waals surface area (Å²) in [5.74, 6) is 1.74. The van der Waals surface area contributed by atoms with E-state index >= 15 is 0 Å². The lowest BCUT2D eigenvalue weighted by Gasteiger charge is -2.37. The fraction of sp³-hybridized carbons (Fsp3) is 0.636. The first-order chi connectivity index (χ1) is 8.67. The molecule has 0 spiro atoms. The van der Waals surface area contributed by atoms with Crippen molar-refractivity contribution in [3.8, 4) is 0 Å². The van der Waals surface area contributed by atoms with Crippen LogP contribution in [0.1, 0.15) is 29.8 Å². The molecule has 18 heavy (non-hydrogen) atoms. The second kappa shape index (κ2) is 5.95. The predicted octanol–water partition coefficient (Wildman–Crippen LogP) is 1.44. The van der Waals surface area contributed by atoms with Crippen molar-refractivity contribution in [3.05, 3.63) is 16.9 Å². The molecule has 100 valence electrons. The number of H-pyrrole nitrogens is 1. The van der Waals surface area contributed by atoms with Gasteiger partial charge in [0.1, 0.15) is 5.69 Å². The van der Waals surface area contributed by atoms with Gasteiger partial charge in [-0.1, -0.05) is 11.6 Å². The van der Waals surface area contributed by atoms with Crippen molar-refractivity contribution in [3.63, 3.8) is 0 Å². The number of aliphatic hydroxyl groups is 1. The molecule has 1 aliphatic heterocycles. The van der Waals surface area contributed by atoms with E-state index in [9.17, 15) is 9.90 Å². The van der Waals surface area contributed by atoms with E-state index in [4.69, 9.17) is 11.6 Å². The summed E-state index contributed by atoms with van der Waals surface area (Å²) in [6.07, 6.45) is 3.72. The van der Waals surface area contributed by atoms with Crippen molar-refractivity contribution in [2.24, 2.45) is 0 Å². The van der Waals surface area contributed by atoms with Gasteiger partial charge in [0.25, 0.3) is 5.91 Å². The third-order valence-corrected chi connectivity index (χ3v) is 4.51. The average molecular weight is 290 g/mol. The standard InChI is InChI=1S/C11H16ClN3O2S/c12-8-7-13-15-9(8)10(17)14-11(1-4-16)2-5-18-6-3-11/h7,16H,1-6H2,(H,13,15)(H,14,17). The molecule has 1 fully saturated rings. The minimum Gasteiger partial charge on any atom is -0.396 e. The molecule has 1 aliphatic rings. The van der Waals surface area contributed by atoms with Crippen LogP contribution in [0.15, 0.2) is 6.20 Å². The number of rotatable bonds is 4. The van der Waals surface area contributed by atoms with Crippen LogP contribution in [-0.2, 0) is 0 Å². The first kappa shape index (κ1) is 13.7. The number of amides is 1. The normalized spacial score (nSPS) is 18.6. The third kappa shape index (κ3) is 2.99. The first-order valence-electron chi connectivity index (χ1n) is 5.87. The Labute approximate surface area is 115 Å². The molecule has 1 aromatic rings. The maximum Gasteiger partial charge on any atom is 0.271 e. The van der Waals surface area contributed by atoms with E-state index in [1.165, 1.54) is 6.20 Å². The van der Waals surface area contributed by atoms with Crippen LogP contribution in [0.4, 0.5) is 0 Å². The van der Waals surface area contributed by atoms with E-state index in [0.717, 1.165) is 24.3 Å². The van der Waals surface area contributed by atoms with Crippen LogP contribution < -0.4 is 5.32 Å². The lowest BCUT2D eigenvalue weighted by atomic mass is 9.88. The highest BCUT2D eigenvalue weighted by atomic mass is 35.5. The zero-order chi connectivity index (χ0) is 13.0. The molecule has 5 nitrogen and oxygen atoms in total. The Morgan fingerprint density at radius 3 is 2.89 bits per heavy atom. The maximum absolute atomic E-state index is 12.1. The third-order valence-electron chi connectivity index (χ3n) is 3.24. The SMILES string of the molecule is O=C(NC1(CCO)CCSCC1)c1[nH]ncc1Cl. The van der Waals surface area contributed by atoms with Gasteiger partial charge in [-0.25, -0.2) is 0 Å². The Morgan fingerprint density at radius 1 is 1.61 bits per heavy atom. The molecule has 1 saturated heterocycles. The summed E-state index contributed by atoms with van der Waals surface area (Å²) < 4.78 is 0. The van der Waals surface area contributed by atoms with Crippen molar-refractivity contribution in [2.45, 2.75) is 24.8 Å². The van der Waals surface area contributed by atoms with Crippen molar-refractivity contribution < 1.29 is 9.90 Å². The maximum atomic E-state index is 12.1. The molecular weight excluding hydrogens is 274 g/mol. The van der Waals surface area contributed by atoms with Gasteiger partial charge in [0.2, 0.25) is 0 Å². The van der Waals surface area contributed by atoms with Gasteiger partial charge in [-0.2, -0.15) is 16.9 Å². The Balaban J connectivity index is 2.09. The lowest BCUT2D eigenvalue weighted by Crippen LogP contribution is -2.51. The molecule has 1 amide bonds. The smallest absolute Gasteiger partial charge is 0.271 e. The number of aliphatic hydroxyl groups excluding tert-OH is 1. The number of carbonyl (C=O) groups is 1. The first-order valence-corrected chi connectivity index (χ1v) is 7.40. The monoisotopic (exact) mass is 289 g/mol. The number of nitrogens with zero attached hydrogens (tertiary/aromatic N) is 1.